The highest BCUT2D eigenvalue weighted by atomic mass is 32.1. The molecule has 1 atom stereocenters. The summed E-state index contributed by atoms with van der Waals surface area (Å²) in [5.74, 6) is -1.32. The number of aliphatic imine (C=N–C) groups is 2. The summed E-state index contributed by atoms with van der Waals surface area (Å²) in [6, 6.07) is 22.7. The van der Waals surface area contributed by atoms with Crippen molar-refractivity contribution in [2.45, 2.75) is 33.9 Å². The van der Waals surface area contributed by atoms with Crippen LogP contribution in [0.15, 0.2) is 88.8 Å². The number of amidine groups is 1. The molecule has 6 rings (SSSR count). The van der Waals surface area contributed by atoms with E-state index in [1.54, 1.807) is 24.3 Å². The molecule has 1 amide bonds. The van der Waals surface area contributed by atoms with Crippen LogP contribution in [0.4, 0.5) is 15.1 Å². The number of hydrogen-bond acceptors (Lipinski definition) is 9. The number of carbonyl (C=O) groups excluding carboxylic acids is 1. The first-order chi connectivity index (χ1) is 22.5. The minimum atomic E-state index is -1.27. The average molecular weight is 644 g/mol. The topological polar surface area (TPSA) is 138 Å². The SMILES string of the molecule is CC.CC.N=C(O/C(N)=N/C1N=C(c2ccccc2)c2ccccc2NC1=O)c1nc(-c2ccccc2F)sc1N1CCOCC1. The molecule has 1 fully saturated rings. The molecule has 1 unspecified atom stereocenters. The Hall–Kier alpha value is -4.94. The second kappa shape index (κ2) is 16.4. The maximum atomic E-state index is 14.6. The van der Waals surface area contributed by atoms with E-state index in [2.05, 4.69) is 20.3 Å². The predicted molar refractivity (Wildman–Crippen MR) is 184 cm³/mol. The number of nitrogens with zero attached hydrogens (tertiary/aromatic N) is 4. The summed E-state index contributed by atoms with van der Waals surface area (Å²) in [6.07, 6.45) is -1.27. The molecule has 0 radical (unpaired) electrons. The molecule has 0 aliphatic carbocycles. The number of anilines is 2. The number of benzene rings is 3. The number of halogens is 1. The van der Waals surface area contributed by atoms with Gasteiger partial charge in [-0.3, -0.25) is 10.2 Å². The van der Waals surface area contributed by atoms with Gasteiger partial charge in [-0.1, -0.05) is 99.7 Å². The highest BCUT2D eigenvalue weighted by Crippen LogP contribution is 2.36. The van der Waals surface area contributed by atoms with Crippen molar-refractivity contribution in [1.82, 2.24) is 4.98 Å². The molecule has 0 spiro atoms. The molecular formula is C34H38FN7O3S. The lowest BCUT2D eigenvalue weighted by atomic mass is 10.0. The predicted octanol–water partition coefficient (Wildman–Crippen LogP) is 6.31. The zero-order valence-electron chi connectivity index (χ0n) is 26.3. The smallest absolute Gasteiger partial charge is 0.291 e. The first-order valence-electron chi connectivity index (χ1n) is 15.2. The number of carbonyl (C=O) groups is 1. The third kappa shape index (κ3) is 7.82. The van der Waals surface area contributed by atoms with Crippen molar-refractivity contribution in [3.63, 3.8) is 0 Å². The van der Waals surface area contributed by atoms with Crippen LogP contribution in [0.2, 0.25) is 0 Å². The van der Waals surface area contributed by atoms with Crippen molar-refractivity contribution in [3.8, 4) is 10.6 Å². The molecule has 1 saturated heterocycles. The van der Waals surface area contributed by atoms with Gasteiger partial charge < -0.3 is 25.4 Å². The first kappa shape index (κ1) is 33.9. The number of nitrogens with two attached hydrogens (primary N) is 1. The van der Waals surface area contributed by atoms with Crippen molar-refractivity contribution < 1.29 is 18.7 Å². The van der Waals surface area contributed by atoms with Gasteiger partial charge in [-0.2, -0.15) is 4.99 Å². The lowest BCUT2D eigenvalue weighted by Gasteiger charge is -2.27. The fourth-order valence-electron chi connectivity index (χ4n) is 4.65. The van der Waals surface area contributed by atoms with Crippen LogP contribution in [0.1, 0.15) is 44.5 Å². The minimum Gasteiger partial charge on any atom is -0.405 e. The molecular weight excluding hydrogens is 605 g/mol. The van der Waals surface area contributed by atoms with Crippen LogP contribution in [0.3, 0.4) is 0 Å². The van der Waals surface area contributed by atoms with Gasteiger partial charge in [0.2, 0.25) is 12.1 Å². The number of rotatable bonds is 5. The molecule has 2 aliphatic rings. The van der Waals surface area contributed by atoms with Crippen molar-refractivity contribution in [2.75, 3.05) is 36.5 Å². The number of fused-ring (bicyclic) bond motifs is 1. The Morgan fingerprint density at radius 3 is 2.33 bits per heavy atom. The third-order valence-corrected chi connectivity index (χ3v) is 7.81. The third-order valence-electron chi connectivity index (χ3n) is 6.66. The summed E-state index contributed by atoms with van der Waals surface area (Å²) in [6.45, 7) is 10.2. The molecule has 3 aromatic carbocycles. The van der Waals surface area contributed by atoms with Crippen molar-refractivity contribution in [3.05, 3.63) is 102 Å². The number of morpholine rings is 1. The van der Waals surface area contributed by atoms with E-state index in [4.69, 9.17) is 20.6 Å². The molecule has 2 aliphatic heterocycles. The molecule has 1 aromatic heterocycles. The van der Waals surface area contributed by atoms with Gasteiger partial charge in [0.25, 0.3) is 11.9 Å². The van der Waals surface area contributed by atoms with Crippen LogP contribution in [-0.4, -0.2) is 61.0 Å². The van der Waals surface area contributed by atoms with Crippen LogP contribution < -0.4 is 16.0 Å². The molecule has 0 bridgehead atoms. The van der Waals surface area contributed by atoms with E-state index >= 15 is 0 Å². The number of ether oxygens (including phenoxy) is 2. The van der Waals surface area contributed by atoms with E-state index in [1.807, 2.05) is 81.1 Å². The minimum absolute atomic E-state index is 0.185. The average Bonchev–Trinajstić information content (AvgIpc) is 3.50. The number of benzodiazepines with no additional fused rings is 1. The van der Waals surface area contributed by atoms with Crippen LogP contribution >= 0.6 is 11.3 Å². The Bertz CT molecular complexity index is 1700. The normalized spacial score (nSPS) is 15.9. The van der Waals surface area contributed by atoms with Gasteiger partial charge in [-0.25, -0.2) is 14.4 Å². The van der Waals surface area contributed by atoms with Gasteiger partial charge in [0.05, 0.1) is 24.6 Å². The summed E-state index contributed by atoms with van der Waals surface area (Å²) in [7, 11) is 0. The van der Waals surface area contributed by atoms with Crippen molar-refractivity contribution in [2.24, 2.45) is 15.7 Å². The second-order valence-electron chi connectivity index (χ2n) is 9.40. The van der Waals surface area contributed by atoms with Crippen molar-refractivity contribution >= 4 is 45.6 Å². The number of amides is 1. The van der Waals surface area contributed by atoms with E-state index < -0.39 is 23.9 Å². The Morgan fingerprint density at radius 1 is 1.00 bits per heavy atom. The quantitative estimate of drug-likeness (QED) is 0.172. The maximum absolute atomic E-state index is 14.6. The standard InChI is InChI=1S/C30H26FN7O3S.2C2H6/c31-21-12-6-4-10-19(21)28-36-24(29(42-28)38-14-16-40-17-15-38)25(32)41-30(33)37-26-27(39)34-22-13-7-5-11-20(22)23(35-26)18-8-2-1-3-9-18;2*1-2/h1-13,26,32H,14-17H2,(H2,33,37)(H,34,39);2*1-2H3. The number of nitrogens with one attached hydrogen (secondary N) is 2. The van der Waals surface area contributed by atoms with Gasteiger partial charge in [0.1, 0.15) is 15.8 Å². The molecule has 3 heterocycles. The molecule has 0 saturated carbocycles. The Kier molecular flexibility index (Phi) is 12.1. The highest BCUT2D eigenvalue weighted by molar-refractivity contribution is 7.19. The zero-order chi connectivity index (χ0) is 33.1. The van der Waals surface area contributed by atoms with Gasteiger partial charge in [0.15, 0.2) is 5.69 Å². The molecule has 240 valence electrons. The number of hydrogen-bond donors (Lipinski definition) is 3. The maximum Gasteiger partial charge on any atom is 0.291 e. The van der Waals surface area contributed by atoms with Crippen LogP contribution in [-0.2, 0) is 14.3 Å². The monoisotopic (exact) mass is 643 g/mol. The van der Waals surface area contributed by atoms with Gasteiger partial charge in [-0.15, -0.1) is 0 Å². The highest BCUT2D eigenvalue weighted by Gasteiger charge is 2.28. The fraction of sp³-hybridized carbons (Fsp3) is 0.265. The summed E-state index contributed by atoms with van der Waals surface area (Å²) in [5.41, 5.74) is 9.32. The Morgan fingerprint density at radius 2 is 1.63 bits per heavy atom. The lowest BCUT2D eigenvalue weighted by molar-refractivity contribution is -0.117. The summed E-state index contributed by atoms with van der Waals surface area (Å²) in [5, 5.41) is 12.6. The molecule has 4 aromatic rings. The van der Waals surface area contributed by atoms with Gasteiger partial charge in [0, 0.05) is 29.8 Å². The van der Waals surface area contributed by atoms with E-state index in [1.165, 1.54) is 17.4 Å². The summed E-state index contributed by atoms with van der Waals surface area (Å²) >= 11 is 1.25. The number of thiazole rings is 1. The van der Waals surface area contributed by atoms with Crippen molar-refractivity contribution in [1.29, 1.82) is 5.41 Å². The number of aromatic nitrogens is 1. The van der Waals surface area contributed by atoms with E-state index in [0.717, 1.165) is 11.1 Å². The van der Waals surface area contributed by atoms with Gasteiger partial charge in [-0.05, 0) is 18.2 Å². The fourth-order valence-corrected chi connectivity index (χ4v) is 5.79. The van der Waals surface area contributed by atoms with E-state index in [-0.39, 0.29) is 11.6 Å². The molecule has 4 N–H and O–H groups in total. The zero-order valence-corrected chi connectivity index (χ0v) is 27.1. The number of para-hydroxylation sites is 1. The molecule has 10 nitrogen and oxygen atoms in total. The van der Waals surface area contributed by atoms with E-state index in [9.17, 15) is 9.18 Å². The van der Waals surface area contributed by atoms with Crippen LogP contribution in [0.25, 0.3) is 10.6 Å². The van der Waals surface area contributed by atoms with Crippen LogP contribution in [0, 0.1) is 11.2 Å². The Balaban J connectivity index is 0.00000116. The Labute approximate surface area is 272 Å². The second-order valence-corrected chi connectivity index (χ2v) is 10.4. The summed E-state index contributed by atoms with van der Waals surface area (Å²) in [4.78, 5) is 28.6. The molecule has 12 heteroatoms. The van der Waals surface area contributed by atoms with Crippen LogP contribution in [0.5, 0.6) is 0 Å². The van der Waals surface area contributed by atoms with E-state index in [0.29, 0.717) is 53.3 Å². The van der Waals surface area contributed by atoms with Gasteiger partial charge >= 0.3 is 0 Å². The summed E-state index contributed by atoms with van der Waals surface area (Å²) < 4.78 is 25.7. The first-order valence-corrected chi connectivity index (χ1v) is 16.0. The largest absolute Gasteiger partial charge is 0.405 e. The lowest BCUT2D eigenvalue weighted by Crippen LogP contribution is -2.37. The molecule has 46 heavy (non-hydrogen) atoms.